The molecule has 104 valence electrons. The highest BCUT2D eigenvalue weighted by atomic mass is 79.9. The van der Waals surface area contributed by atoms with E-state index in [4.69, 9.17) is 0 Å². The molecule has 1 aromatic heterocycles. The number of alkyl halides is 1. The van der Waals surface area contributed by atoms with E-state index in [0.29, 0.717) is 17.3 Å². The van der Waals surface area contributed by atoms with Gasteiger partial charge in [-0.05, 0) is 36.2 Å². The van der Waals surface area contributed by atoms with Crippen LogP contribution in [-0.2, 0) is 0 Å². The topological polar surface area (TPSA) is 88.0 Å². The van der Waals surface area contributed by atoms with Gasteiger partial charge in [-0.1, -0.05) is 22.4 Å². The van der Waals surface area contributed by atoms with Gasteiger partial charge in [0.15, 0.2) is 5.69 Å². The molecule has 1 heterocycles. The van der Waals surface area contributed by atoms with Crippen molar-refractivity contribution in [1.82, 2.24) is 10.3 Å². The van der Waals surface area contributed by atoms with Crippen LogP contribution in [-0.4, -0.2) is 27.2 Å². The lowest BCUT2D eigenvalue weighted by Crippen LogP contribution is -2.32. The van der Waals surface area contributed by atoms with Crippen LogP contribution in [0.25, 0.3) is 0 Å². The molecular weight excluding hydrogens is 314 g/mol. The van der Waals surface area contributed by atoms with Crippen LogP contribution in [0.2, 0.25) is 0 Å². The zero-order chi connectivity index (χ0) is 13.8. The molecule has 0 bridgehead atoms. The van der Waals surface area contributed by atoms with Crippen molar-refractivity contribution >= 4 is 27.7 Å². The monoisotopic (exact) mass is 329 g/mol. The van der Waals surface area contributed by atoms with E-state index in [1.807, 2.05) is 0 Å². The summed E-state index contributed by atoms with van der Waals surface area (Å²) in [6.07, 6.45) is 4.54. The fraction of sp³-hybridized carbons (Fsp3) is 0.583. The van der Waals surface area contributed by atoms with Gasteiger partial charge < -0.3 is 15.4 Å². The van der Waals surface area contributed by atoms with Crippen LogP contribution >= 0.6 is 15.9 Å². The Morgan fingerprint density at radius 2 is 2.32 bits per heavy atom. The van der Waals surface area contributed by atoms with E-state index in [1.165, 1.54) is 25.0 Å². The highest BCUT2D eigenvalue weighted by molar-refractivity contribution is 9.09. The second-order valence-corrected chi connectivity index (χ2v) is 6.15. The summed E-state index contributed by atoms with van der Waals surface area (Å²) in [6, 6.07) is 2.73. The van der Waals surface area contributed by atoms with E-state index >= 15 is 0 Å². The lowest BCUT2D eigenvalue weighted by molar-refractivity contribution is -0.389. The Morgan fingerprint density at radius 1 is 1.53 bits per heavy atom. The lowest BCUT2D eigenvalue weighted by atomic mass is 9.89. The molecule has 2 unspecified atom stereocenters. The van der Waals surface area contributed by atoms with Crippen LogP contribution < -0.4 is 5.32 Å². The standard InChI is InChI=1S/C12H16BrN3O3/c13-9-3-1-2-8(6-9)7-14-12(17)10-4-5-11(15-10)16(18)19/h4-5,8-9,15H,1-3,6-7H2,(H,14,17). The quantitative estimate of drug-likeness (QED) is 0.505. The molecule has 1 saturated carbocycles. The van der Waals surface area contributed by atoms with E-state index < -0.39 is 4.92 Å². The summed E-state index contributed by atoms with van der Waals surface area (Å²) in [5.74, 6) is 0.0279. The summed E-state index contributed by atoms with van der Waals surface area (Å²) in [5.41, 5.74) is 0.234. The normalized spacial score (nSPS) is 23.0. The Kier molecular flexibility index (Phi) is 4.57. The fourth-order valence-corrected chi connectivity index (χ4v) is 3.22. The molecule has 6 nitrogen and oxygen atoms in total. The van der Waals surface area contributed by atoms with Crippen molar-refractivity contribution in [3.05, 3.63) is 27.9 Å². The third kappa shape index (κ3) is 3.79. The molecule has 2 rings (SSSR count). The van der Waals surface area contributed by atoms with Crippen LogP contribution in [0.5, 0.6) is 0 Å². The zero-order valence-corrected chi connectivity index (χ0v) is 12.0. The van der Waals surface area contributed by atoms with Crippen LogP contribution in [0.3, 0.4) is 0 Å². The fourth-order valence-electron chi connectivity index (χ4n) is 2.37. The summed E-state index contributed by atoms with van der Waals surface area (Å²) in [4.78, 5) is 24.8. The number of aromatic amines is 1. The first-order chi connectivity index (χ1) is 9.06. The van der Waals surface area contributed by atoms with Gasteiger partial charge in [-0.15, -0.1) is 0 Å². The SMILES string of the molecule is O=C(NCC1CCCC(Br)C1)c1ccc([N+](=O)[O-])[nH]1. The third-order valence-corrected chi connectivity index (χ3v) is 4.21. The molecule has 0 radical (unpaired) electrons. The molecule has 0 aromatic carbocycles. The van der Waals surface area contributed by atoms with Crippen molar-refractivity contribution in [3.8, 4) is 0 Å². The van der Waals surface area contributed by atoms with Gasteiger partial charge in [0.05, 0.1) is 0 Å². The molecule has 7 heteroatoms. The third-order valence-electron chi connectivity index (χ3n) is 3.38. The number of hydrogen-bond donors (Lipinski definition) is 2. The van der Waals surface area contributed by atoms with E-state index in [1.54, 1.807) is 0 Å². The van der Waals surface area contributed by atoms with Gasteiger partial charge in [0.2, 0.25) is 0 Å². The number of rotatable bonds is 4. The van der Waals surface area contributed by atoms with Crippen LogP contribution in [0, 0.1) is 16.0 Å². The molecule has 1 aromatic rings. The summed E-state index contributed by atoms with van der Waals surface area (Å²) < 4.78 is 0. The van der Waals surface area contributed by atoms with Crippen molar-refractivity contribution in [1.29, 1.82) is 0 Å². The maximum Gasteiger partial charge on any atom is 0.321 e. The van der Waals surface area contributed by atoms with Gasteiger partial charge in [-0.3, -0.25) is 4.79 Å². The van der Waals surface area contributed by atoms with Crippen molar-refractivity contribution in [2.75, 3.05) is 6.54 Å². The Morgan fingerprint density at radius 3 is 2.95 bits per heavy atom. The predicted molar refractivity (Wildman–Crippen MR) is 74.5 cm³/mol. The summed E-state index contributed by atoms with van der Waals surface area (Å²) in [6.45, 7) is 0.619. The second kappa shape index (κ2) is 6.18. The Bertz CT molecular complexity index is 475. The summed E-state index contributed by atoms with van der Waals surface area (Å²) in [7, 11) is 0. The number of carbonyl (C=O) groups excluding carboxylic acids is 1. The highest BCUT2D eigenvalue weighted by Gasteiger charge is 2.21. The maximum atomic E-state index is 11.8. The van der Waals surface area contributed by atoms with Crippen LogP contribution in [0.15, 0.2) is 12.1 Å². The molecule has 19 heavy (non-hydrogen) atoms. The van der Waals surface area contributed by atoms with Gasteiger partial charge in [0.25, 0.3) is 5.91 Å². The van der Waals surface area contributed by atoms with Crippen molar-refractivity contribution in [2.45, 2.75) is 30.5 Å². The number of nitrogens with one attached hydrogen (secondary N) is 2. The molecule has 0 spiro atoms. The molecule has 1 amide bonds. The van der Waals surface area contributed by atoms with E-state index in [2.05, 4.69) is 26.2 Å². The predicted octanol–water partition coefficient (Wildman–Crippen LogP) is 2.61. The number of hydrogen-bond acceptors (Lipinski definition) is 3. The second-order valence-electron chi connectivity index (χ2n) is 4.85. The molecule has 0 saturated heterocycles. The van der Waals surface area contributed by atoms with E-state index in [-0.39, 0.29) is 17.4 Å². The minimum Gasteiger partial charge on any atom is -0.358 e. The number of aromatic nitrogens is 1. The number of amides is 1. The van der Waals surface area contributed by atoms with Gasteiger partial charge in [0, 0.05) is 17.4 Å². The Balaban J connectivity index is 1.85. The molecular formula is C12H16BrN3O3. The molecule has 1 aliphatic carbocycles. The number of carbonyl (C=O) groups is 1. The van der Waals surface area contributed by atoms with Gasteiger partial charge in [-0.2, -0.15) is 0 Å². The molecule has 2 atom stereocenters. The van der Waals surface area contributed by atoms with E-state index in [0.717, 1.165) is 12.8 Å². The molecule has 1 aliphatic rings. The number of nitro groups is 1. The number of halogens is 1. The van der Waals surface area contributed by atoms with E-state index in [9.17, 15) is 14.9 Å². The molecule has 0 aliphatic heterocycles. The maximum absolute atomic E-state index is 11.8. The molecule has 1 fully saturated rings. The summed E-state index contributed by atoms with van der Waals surface area (Å²) in [5, 5.41) is 13.3. The lowest BCUT2D eigenvalue weighted by Gasteiger charge is -2.25. The zero-order valence-electron chi connectivity index (χ0n) is 10.4. The highest BCUT2D eigenvalue weighted by Crippen LogP contribution is 2.28. The van der Waals surface area contributed by atoms with Crippen molar-refractivity contribution < 1.29 is 9.72 Å². The Labute approximate surface area is 119 Å². The smallest absolute Gasteiger partial charge is 0.321 e. The first kappa shape index (κ1) is 14.0. The van der Waals surface area contributed by atoms with Gasteiger partial charge >= 0.3 is 5.82 Å². The Hall–Kier alpha value is -1.37. The molecule has 2 N–H and O–H groups in total. The van der Waals surface area contributed by atoms with Crippen LogP contribution in [0.1, 0.15) is 36.2 Å². The van der Waals surface area contributed by atoms with Crippen molar-refractivity contribution in [2.24, 2.45) is 5.92 Å². The van der Waals surface area contributed by atoms with Crippen molar-refractivity contribution in [3.63, 3.8) is 0 Å². The van der Waals surface area contributed by atoms with Crippen LogP contribution in [0.4, 0.5) is 5.82 Å². The average Bonchev–Trinajstić information content (AvgIpc) is 2.86. The minimum absolute atomic E-state index is 0.164. The average molecular weight is 330 g/mol. The minimum atomic E-state index is -0.548. The van der Waals surface area contributed by atoms with Gasteiger partial charge in [0.1, 0.15) is 0 Å². The number of nitrogens with zero attached hydrogens (tertiary/aromatic N) is 1. The number of H-pyrrole nitrogens is 1. The summed E-state index contributed by atoms with van der Waals surface area (Å²) >= 11 is 3.61. The first-order valence-electron chi connectivity index (χ1n) is 6.32. The van der Waals surface area contributed by atoms with Gasteiger partial charge in [-0.25, -0.2) is 4.98 Å². The largest absolute Gasteiger partial charge is 0.358 e. The first-order valence-corrected chi connectivity index (χ1v) is 7.23.